The van der Waals surface area contributed by atoms with Crippen molar-refractivity contribution < 1.29 is 9.13 Å². The molecule has 106 valence electrons. The molecule has 0 amide bonds. The van der Waals surface area contributed by atoms with Crippen LogP contribution in [-0.2, 0) is 6.54 Å². The first-order chi connectivity index (χ1) is 9.77. The van der Waals surface area contributed by atoms with E-state index in [1.54, 1.807) is 6.07 Å². The first-order valence-corrected chi connectivity index (χ1v) is 6.96. The fourth-order valence-electron chi connectivity index (χ4n) is 1.81. The van der Waals surface area contributed by atoms with Crippen LogP contribution in [0.4, 0.5) is 4.39 Å². The monoisotopic (exact) mass is 293 g/mol. The van der Waals surface area contributed by atoms with Crippen LogP contribution in [0.5, 0.6) is 5.75 Å². The van der Waals surface area contributed by atoms with Gasteiger partial charge >= 0.3 is 0 Å². The second kappa shape index (κ2) is 7.88. The highest BCUT2D eigenvalue weighted by Gasteiger charge is 2.04. The summed E-state index contributed by atoms with van der Waals surface area (Å²) in [5.74, 6) is 0.499. The number of nitrogens with one attached hydrogen (secondary N) is 1. The summed E-state index contributed by atoms with van der Waals surface area (Å²) in [5.41, 5.74) is 0.774. The van der Waals surface area contributed by atoms with Crippen molar-refractivity contribution in [1.82, 2.24) is 5.32 Å². The first kappa shape index (κ1) is 14.8. The number of ether oxygens (including phenoxy) is 1. The van der Waals surface area contributed by atoms with Crippen LogP contribution in [0.1, 0.15) is 12.0 Å². The van der Waals surface area contributed by atoms with Gasteiger partial charge in [-0.25, -0.2) is 4.39 Å². The molecular formula is C16H17ClFNO. The lowest BCUT2D eigenvalue weighted by atomic mass is 10.2. The van der Waals surface area contributed by atoms with E-state index in [1.165, 1.54) is 6.07 Å². The smallest absolute Gasteiger partial charge is 0.142 e. The van der Waals surface area contributed by atoms with E-state index in [0.717, 1.165) is 24.3 Å². The number of halogens is 2. The van der Waals surface area contributed by atoms with Crippen molar-refractivity contribution in [3.05, 3.63) is 64.9 Å². The molecule has 0 unspecified atom stereocenters. The highest BCUT2D eigenvalue weighted by Crippen LogP contribution is 2.19. The highest BCUT2D eigenvalue weighted by molar-refractivity contribution is 6.31. The molecule has 0 atom stereocenters. The van der Waals surface area contributed by atoms with Crippen LogP contribution in [-0.4, -0.2) is 13.2 Å². The Morgan fingerprint density at radius 2 is 1.85 bits per heavy atom. The van der Waals surface area contributed by atoms with E-state index in [9.17, 15) is 4.39 Å². The normalized spacial score (nSPS) is 10.5. The lowest BCUT2D eigenvalue weighted by Gasteiger charge is -2.08. The van der Waals surface area contributed by atoms with E-state index in [4.69, 9.17) is 16.3 Å². The molecule has 0 bridgehead atoms. The van der Waals surface area contributed by atoms with Crippen LogP contribution in [0.3, 0.4) is 0 Å². The van der Waals surface area contributed by atoms with Crippen molar-refractivity contribution in [3.8, 4) is 5.75 Å². The zero-order valence-corrected chi connectivity index (χ0v) is 11.9. The van der Waals surface area contributed by atoms with Gasteiger partial charge in [-0.2, -0.15) is 0 Å². The summed E-state index contributed by atoms with van der Waals surface area (Å²) in [4.78, 5) is 0. The standard InChI is InChI=1S/C16H17ClFNO/c17-16-13(6-4-9-15(16)18)12-19-10-5-11-20-14-7-2-1-3-8-14/h1-4,6-9,19H,5,10-12H2. The van der Waals surface area contributed by atoms with Gasteiger partial charge in [0.2, 0.25) is 0 Å². The lowest BCUT2D eigenvalue weighted by Crippen LogP contribution is -2.17. The maximum absolute atomic E-state index is 13.2. The second-order valence-corrected chi connectivity index (χ2v) is 4.78. The van der Waals surface area contributed by atoms with Crippen LogP contribution in [0, 0.1) is 5.82 Å². The van der Waals surface area contributed by atoms with Crippen molar-refractivity contribution in [1.29, 1.82) is 0 Å². The minimum absolute atomic E-state index is 0.195. The van der Waals surface area contributed by atoms with E-state index >= 15 is 0 Å². The quantitative estimate of drug-likeness (QED) is 0.778. The lowest BCUT2D eigenvalue weighted by molar-refractivity contribution is 0.308. The van der Waals surface area contributed by atoms with Crippen molar-refractivity contribution >= 4 is 11.6 Å². The van der Waals surface area contributed by atoms with E-state index in [1.807, 2.05) is 36.4 Å². The molecule has 0 saturated carbocycles. The molecule has 0 aliphatic heterocycles. The molecule has 0 aliphatic carbocycles. The van der Waals surface area contributed by atoms with Gasteiger partial charge in [-0.1, -0.05) is 41.9 Å². The molecule has 2 nitrogen and oxygen atoms in total. The number of hydrogen-bond donors (Lipinski definition) is 1. The van der Waals surface area contributed by atoms with Crippen LogP contribution < -0.4 is 10.1 Å². The third-order valence-electron chi connectivity index (χ3n) is 2.86. The molecule has 0 fully saturated rings. The Kier molecular flexibility index (Phi) is 5.84. The number of hydrogen-bond acceptors (Lipinski definition) is 2. The van der Waals surface area contributed by atoms with E-state index in [-0.39, 0.29) is 10.8 Å². The second-order valence-electron chi connectivity index (χ2n) is 4.40. The largest absolute Gasteiger partial charge is 0.494 e. The van der Waals surface area contributed by atoms with E-state index in [2.05, 4.69) is 5.32 Å². The fraction of sp³-hybridized carbons (Fsp3) is 0.250. The SMILES string of the molecule is Fc1cccc(CNCCCOc2ccccc2)c1Cl. The van der Waals surface area contributed by atoms with Gasteiger partial charge in [0.05, 0.1) is 11.6 Å². The summed E-state index contributed by atoms with van der Waals surface area (Å²) >= 11 is 5.87. The van der Waals surface area contributed by atoms with E-state index < -0.39 is 0 Å². The van der Waals surface area contributed by atoms with Gasteiger partial charge < -0.3 is 10.1 Å². The van der Waals surface area contributed by atoms with Crippen LogP contribution >= 0.6 is 11.6 Å². The Bertz CT molecular complexity index is 533. The summed E-state index contributed by atoms with van der Waals surface area (Å²) in [5, 5.41) is 3.42. The minimum atomic E-state index is -0.377. The molecule has 0 spiro atoms. The van der Waals surface area contributed by atoms with E-state index in [0.29, 0.717) is 13.2 Å². The molecule has 2 aromatic rings. The highest BCUT2D eigenvalue weighted by atomic mass is 35.5. The van der Waals surface area contributed by atoms with Crippen LogP contribution in [0.25, 0.3) is 0 Å². The average Bonchev–Trinajstić information content (AvgIpc) is 2.48. The molecule has 0 aliphatic rings. The Morgan fingerprint density at radius 3 is 2.65 bits per heavy atom. The summed E-state index contributed by atoms with van der Waals surface area (Å²) in [7, 11) is 0. The number of rotatable bonds is 7. The Labute approximate surface area is 123 Å². The maximum Gasteiger partial charge on any atom is 0.142 e. The Balaban J connectivity index is 1.63. The van der Waals surface area contributed by atoms with Crippen LogP contribution in [0.15, 0.2) is 48.5 Å². The average molecular weight is 294 g/mol. The molecule has 0 aromatic heterocycles. The summed E-state index contributed by atoms with van der Waals surface area (Å²) in [6, 6.07) is 14.5. The third-order valence-corrected chi connectivity index (χ3v) is 3.28. The molecule has 0 heterocycles. The van der Waals surface area contributed by atoms with Crippen molar-refractivity contribution in [3.63, 3.8) is 0 Å². The van der Waals surface area contributed by atoms with Gasteiger partial charge in [-0.3, -0.25) is 0 Å². The number of benzene rings is 2. The van der Waals surface area contributed by atoms with Gasteiger partial charge in [-0.15, -0.1) is 0 Å². The molecular weight excluding hydrogens is 277 g/mol. The minimum Gasteiger partial charge on any atom is -0.494 e. The molecule has 1 N–H and O–H groups in total. The van der Waals surface area contributed by atoms with Gasteiger partial charge in [0.15, 0.2) is 0 Å². The molecule has 0 radical (unpaired) electrons. The predicted octanol–water partition coefficient (Wildman–Crippen LogP) is 4.04. The van der Waals surface area contributed by atoms with Crippen molar-refractivity contribution in [2.75, 3.05) is 13.2 Å². The van der Waals surface area contributed by atoms with Crippen LogP contribution in [0.2, 0.25) is 5.02 Å². The van der Waals surface area contributed by atoms with Gasteiger partial charge in [0.1, 0.15) is 11.6 Å². The summed E-state index contributed by atoms with van der Waals surface area (Å²) in [6.45, 7) is 2.00. The molecule has 4 heteroatoms. The van der Waals surface area contributed by atoms with Gasteiger partial charge in [-0.05, 0) is 36.7 Å². The topological polar surface area (TPSA) is 21.3 Å². The Morgan fingerprint density at radius 1 is 1.05 bits per heavy atom. The van der Waals surface area contributed by atoms with Crippen molar-refractivity contribution in [2.45, 2.75) is 13.0 Å². The summed E-state index contributed by atoms with van der Waals surface area (Å²) < 4.78 is 18.8. The molecule has 2 rings (SSSR count). The molecule has 2 aromatic carbocycles. The zero-order chi connectivity index (χ0) is 14.2. The van der Waals surface area contributed by atoms with Gasteiger partial charge in [0, 0.05) is 6.54 Å². The molecule has 0 saturated heterocycles. The first-order valence-electron chi connectivity index (χ1n) is 6.59. The Hall–Kier alpha value is -1.58. The van der Waals surface area contributed by atoms with Crippen molar-refractivity contribution in [2.24, 2.45) is 0 Å². The maximum atomic E-state index is 13.2. The van der Waals surface area contributed by atoms with Gasteiger partial charge in [0.25, 0.3) is 0 Å². The summed E-state index contributed by atoms with van der Waals surface area (Å²) in [6.07, 6.45) is 0.877. The fourth-order valence-corrected chi connectivity index (χ4v) is 2.00. The number of para-hydroxylation sites is 1. The zero-order valence-electron chi connectivity index (χ0n) is 11.1. The third kappa shape index (κ3) is 4.51. The molecule has 20 heavy (non-hydrogen) atoms. The predicted molar refractivity (Wildman–Crippen MR) is 79.7 cm³/mol.